The standard InChI is InChI=1S/C20H25NO3/c1-12(2)16-14-8-9-15(16)18(20(23)24)17(14)19(22)21-11-10-13-6-4-3-5-7-13/h3-7,14-15,17-18H,8-11H2,1-2H3,(H,21,22)(H,23,24)/t14-,15-,17-,18-/m1/s1. The van der Waals surface area contributed by atoms with Gasteiger partial charge in [-0.1, -0.05) is 41.5 Å². The van der Waals surface area contributed by atoms with Gasteiger partial charge in [-0.25, -0.2) is 0 Å². The monoisotopic (exact) mass is 327 g/mol. The van der Waals surface area contributed by atoms with Gasteiger partial charge in [0.05, 0.1) is 11.8 Å². The van der Waals surface area contributed by atoms with Crippen LogP contribution in [-0.4, -0.2) is 23.5 Å². The van der Waals surface area contributed by atoms with Gasteiger partial charge in [0.2, 0.25) is 5.91 Å². The molecule has 1 aromatic rings. The zero-order chi connectivity index (χ0) is 17.3. The Bertz CT molecular complexity index is 661. The normalized spacial score (nSPS) is 28.0. The third-order valence-corrected chi connectivity index (χ3v) is 5.56. The van der Waals surface area contributed by atoms with Crippen LogP contribution in [0.1, 0.15) is 32.3 Å². The largest absolute Gasteiger partial charge is 0.481 e. The molecule has 0 aromatic heterocycles. The lowest BCUT2D eigenvalue weighted by atomic mass is 9.78. The number of hydrogen-bond donors (Lipinski definition) is 2. The van der Waals surface area contributed by atoms with Gasteiger partial charge in [0.15, 0.2) is 0 Å². The number of amides is 1. The number of fused-ring (bicyclic) bond motifs is 2. The lowest BCUT2D eigenvalue weighted by Gasteiger charge is -2.26. The van der Waals surface area contributed by atoms with Gasteiger partial charge in [0, 0.05) is 6.54 Å². The van der Waals surface area contributed by atoms with E-state index in [1.54, 1.807) is 0 Å². The predicted molar refractivity (Wildman–Crippen MR) is 92.4 cm³/mol. The minimum atomic E-state index is -0.829. The molecule has 3 rings (SSSR count). The van der Waals surface area contributed by atoms with Crippen LogP contribution in [0.25, 0.3) is 0 Å². The van der Waals surface area contributed by atoms with Crippen LogP contribution in [0.15, 0.2) is 41.5 Å². The topological polar surface area (TPSA) is 66.4 Å². The number of rotatable bonds is 5. The summed E-state index contributed by atoms with van der Waals surface area (Å²) in [5.41, 5.74) is 3.59. The van der Waals surface area contributed by atoms with Crippen molar-refractivity contribution >= 4 is 11.9 Å². The van der Waals surface area contributed by atoms with Crippen LogP contribution < -0.4 is 5.32 Å². The Morgan fingerprint density at radius 2 is 1.71 bits per heavy atom. The van der Waals surface area contributed by atoms with Crippen molar-refractivity contribution in [3.63, 3.8) is 0 Å². The number of benzene rings is 1. The Hall–Kier alpha value is -2.10. The number of nitrogens with one attached hydrogen (secondary N) is 1. The molecule has 128 valence electrons. The summed E-state index contributed by atoms with van der Waals surface area (Å²) in [6.07, 6.45) is 2.60. The summed E-state index contributed by atoms with van der Waals surface area (Å²) in [6.45, 7) is 4.62. The van der Waals surface area contributed by atoms with Gasteiger partial charge < -0.3 is 10.4 Å². The van der Waals surface area contributed by atoms with E-state index in [1.165, 1.54) is 16.7 Å². The number of allylic oxidation sites excluding steroid dienone is 2. The summed E-state index contributed by atoms with van der Waals surface area (Å²) >= 11 is 0. The smallest absolute Gasteiger partial charge is 0.307 e. The second-order valence-corrected chi connectivity index (χ2v) is 7.16. The third-order valence-electron chi connectivity index (χ3n) is 5.56. The number of aliphatic carboxylic acids is 1. The molecule has 0 saturated heterocycles. The summed E-state index contributed by atoms with van der Waals surface area (Å²) in [6, 6.07) is 10.00. The first kappa shape index (κ1) is 16.7. The lowest BCUT2D eigenvalue weighted by molar-refractivity contribution is -0.149. The van der Waals surface area contributed by atoms with E-state index in [4.69, 9.17) is 0 Å². The van der Waals surface area contributed by atoms with E-state index in [1.807, 2.05) is 44.2 Å². The molecule has 4 heteroatoms. The zero-order valence-corrected chi connectivity index (χ0v) is 14.3. The van der Waals surface area contributed by atoms with E-state index in [0.29, 0.717) is 6.54 Å². The van der Waals surface area contributed by atoms with Crippen LogP contribution in [0, 0.1) is 23.7 Å². The molecule has 1 aromatic carbocycles. The van der Waals surface area contributed by atoms with Crippen molar-refractivity contribution in [3.8, 4) is 0 Å². The van der Waals surface area contributed by atoms with E-state index >= 15 is 0 Å². The molecule has 4 nitrogen and oxygen atoms in total. The molecule has 0 heterocycles. The molecule has 0 aliphatic heterocycles. The van der Waals surface area contributed by atoms with Crippen molar-refractivity contribution in [2.45, 2.75) is 33.1 Å². The Morgan fingerprint density at radius 1 is 1.08 bits per heavy atom. The van der Waals surface area contributed by atoms with Crippen molar-refractivity contribution in [1.29, 1.82) is 0 Å². The van der Waals surface area contributed by atoms with Gasteiger partial charge in [0.1, 0.15) is 0 Å². The second kappa shape index (κ2) is 6.80. The van der Waals surface area contributed by atoms with E-state index in [-0.39, 0.29) is 17.7 Å². The molecular weight excluding hydrogens is 302 g/mol. The highest BCUT2D eigenvalue weighted by molar-refractivity contribution is 5.87. The highest BCUT2D eigenvalue weighted by atomic mass is 16.4. The lowest BCUT2D eigenvalue weighted by Crippen LogP contribution is -2.41. The molecule has 4 atom stereocenters. The first-order valence-electron chi connectivity index (χ1n) is 8.72. The van der Waals surface area contributed by atoms with Crippen molar-refractivity contribution in [3.05, 3.63) is 47.0 Å². The molecule has 2 bridgehead atoms. The fraction of sp³-hybridized carbons (Fsp3) is 0.500. The molecular formula is C20H25NO3. The van der Waals surface area contributed by atoms with Crippen molar-refractivity contribution in [2.24, 2.45) is 23.7 Å². The molecule has 2 aliphatic carbocycles. The number of hydrogen-bond acceptors (Lipinski definition) is 2. The van der Waals surface area contributed by atoms with Crippen LogP contribution >= 0.6 is 0 Å². The fourth-order valence-electron chi connectivity index (χ4n) is 4.70. The van der Waals surface area contributed by atoms with Gasteiger partial charge in [-0.3, -0.25) is 9.59 Å². The average molecular weight is 327 g/mol. The van der Waals surface area contributed by atoms with Crippen LogP contribution in [0.5, 0.6) is 0 Å². The summed E-state index contributed by atoms with van der Waals surface area (Å²) in [5, 5.41) is 12.6. The van der Waals surface area contributed by atoms with Crippen molar-refractivity contribution < 1.29 is 14.7 Å². The zero-order valence-electron chi connectivity index (χ0n) is 14.3. The molecule has 0 radical (unpaired) electrons. The Labute approximate surface area is 143 Å². The quantitative estimate of drug-likeness (QED) is 0.817. The van der Waals surface area contributed by atoms with E-state index < -0.39 is 17.8 Å². The van der Waals surface area contributed by atoms with Gasteiger partial charge >= 0.3 is 5.97 Å². The number of carbonyl (C=O) groups is 2. The van der Waals surface area contributed by atoms with Gasteiger partial charge in [-0.05, 0) is 50.5 Å². The molecule has 2 fully saturated rings. The summed E-state index contributed by atoms with van der Waals surface area (Å²) in [4.78, 5) is 24.5. The Morgan fingerprint density at radius 3 is 2.29 bits per heavy atom. The summed E-state index contributed by atoms with van der Waals surface area (Å²) < 4.78 is 0. The van der Waals surface area contributed by atoms with E-state index in [0.717, 1.165) is 19.3 Å². The van der Waals surface area contributed by atoms with E-state index in [2.05, 4.69) is 5.32 Å². The molecule has 2 saturated carbocycles. The maximum atomic E-state index is 12.7. The van der Waals surface area contributed by atoms with Gasteiger partial charge in [-0.15, -0.1) is 0 Å². The minimum Gasteiger partial charge on any atom is -0.481 e. The third kappa shape index (κ3) is 2.97. The summed E-state index contributed by atoms with van der Waals surface area (Å²) in [7, 11) is 0. The highest BCUT2D eigenvalue weighted by Crippen LogP contribution is 2.57. The molecule has 2 N–H and O–H groups in total. The van der Waals surface area contributed by atoms with Gasteiger partial charge in [-0.2, -0.15) is 0 Å². The molecule has 2 aliphatic rings. The maximum absolute atomic E-state index is 12.7. The SMILES string of the molecule is CC(C)=C1[C@H]2CC[C@H]1[C@@H](C(=O)NCCc1ccccc1)[C@@H]2C(=O)O. The molecule has 0 unspecified atom stereocenters. The van der Waals surface area contributed by atoms with E-state index in [9.17, 15) is 14.7 Å². The molecule has 1 amide bonds. The number of carboxylic acid groups (broad SMARTS) is 1. The Kier molecular flexibility index (Phi) is 4.74. The van der Waals surface area contributed by atoms with Crippen molar-refractivity contribution in [2.75, 3.05) is 6.54 Å². The minimum absolute atomic E-state index is 0.0439. The van der Waals surface area contributed by atoms with Crippen LogP contribution in [0.4, 0.5) is 0 Å². The number of carbonyl (C=O) groups excluding carboxylic acids is 1. The van der Waals surface area contributed by atoms with Gasteiger partial charge in [0.25, 0.3) is 0 Å². The fourth-order valence-corrected chi connectivity index (χ4v) is 4.70. The Balaban J connectivity index is 1.69. The average Bonchev–Trinajstić information content (AvgIpc) is 3.11. The van der Waals surface area contributed by atoms with Crippen LogP contribution in [0.3, 0.4) is 0 Å². The molecule has 24 heavy (non-hydrogen) atoms. The van der Waals surface area contributed by atoms with Crippen LogP contribution in [0.2, 0.25) is 0 Å². The predicted octanol–water partition coefficient (Wildman–Crippen LogP) is 3.04. The first-order chi connectivity index (χ1) is 11.5. The molecule has 0 spiro atoms. The first-order valence-corrected chi connectivity index (χ1v) is 8.72. The number of carboxylic acids is 1. The summed E-state index contributed by atoms with van der Waals surface area (Å²) in [5.74, 6) is -1.75. The van der Waals surface area contributed by atoms with Crippen molar-refractivity contribution in [1.82, 2.24) is 5.32 Å². The maximum Gasteiger partial charge on any atom is 0.307 e. The highest BCUT2D eigenvalue weighted by Gasteiger charge is 2.57. The van der Waals surface area contributed by atoms with Crippen LogP contribution in [-0.2, 0) is 16.0 Å². The second-order valence-electron chi connectivity index (χ2n) is 7.16.